The summed E-state index contributed by atoms with van der Waals surface area (Å²) in [5.41, 5.74) is 2.11. The fourth-order valence-electron chi connectivity index (χ4n) is 2.92. The Balaban J connectivity index is 1.82. The molecular weight excluding hydrogens is 292 g/mol. The highest BCUT2D eigenvalue weighted by Crippen LogP contribution is 2.19. The molecule has 1 heterocycles. The molecule has 1 aliphatic rings. The Kier molecular flexibility index (Phi) is 6.42. The van der Waals surface area contributed by atoms with E-state index in [2.05, 4.69) is 18.3 Å². The van der Waals surface area contributed by atoms with E-state index < -0.39 is 0 Å². The van der Waals surface area contributed by atoms with Crippen molar-refractivity contribution in [1.29, 1.82) is 0 Å². The van der Waals surface area contributed by atoms with Crippen molar-refractivity contribution in [2.75, 3.05) is 13.1 Å². The van der Waals surface area contributed by atoms with Crippen molar-refractivity contribution in [2.24, 2.45) is 0 Å². The number of amides is 1. The van der Waals surface area contributed by atoms with E-state index in [9.17, 15) is 9.90 Å². The third-order valence-corrected chi connectivity index (χ3v) is 4.21. The summed E-state index contributed by atoms with van der Waals surface area (Å²) in [7, 11) is 0. The second-order valence-corrected chi connectivity index (χ2v) is 6.49. The van der Waals surface area contributed by atoms with E-state index in [1.807, 2.05) is 32.0 Å². The van der Waals surface area contributed by atoms with Gasteiger partial charge in [-0.1, -0.05) is 24.3 Å². The number of hydrogen-bond acceptors (Lipinski definition) is 4. The van der Waals surface area contributed by atoms with Crippen LogP contribution in [0.3, 0.4) is 0 Å². The van der Waals surface area contributed by atoms with E-state index in [-0.39, 0.29) is 24.8 Å². The molecule has 0 spiro atoms. The molecule has 23 heavy (non-hydrogen) atoms. The first-order chi connectivity index (χ1) is 11.0. The van der Waals surface area contributed by atoms with Crippen LogP contribution in [-0.2, 0) is 11.3 Å². The molecule has 0 saturated carbocycles. The summed E-state index contributed by atoms with van der Waals surface area (Å²) < 4.78 is 5.24. The van der Waals surface area contributed by atoms with Crippen LogP contribution < -0.4 is 5.32 Å². The van der Waals surface area contributed by atoms with Gasteiger partial charge in [0.1, 0.15) is 0 Å². The Morgan fingerprint density at radius 3 is 2.65 bits per heavy atom. The van der Waals surface area contributed by atoms with Crippen LogP contribution in [0.2, 0.25) is 0 Å². The standard InChI is InChI=1S/C18H28N2O3/c1-13(2)23-18(22)20-9-7-17(8-10-20)19-14(3)16-6-4-5-15(11-16)12-21/h4-6,11,13-14,17,19,21H,7-10,12H2,1-3H3. The van der Waals surface area contributed by atoms with Crippen molar-refractivity contribution in [2.45, 2.75) is 58.4 Å². The minimum atomic E-state index is -0.206. The van der Waals surface area contributed by atoms with Gasteiger partial charge in [0, 0.05) is 25.2 Å². The van der Waals surface area contributed by atoms with E-state index >= 15 is 0 Å². The molecule has 2 N–H and O–H groups in total. The highest BCUT2D eigenvalue weighted by molar-refractivity contribution is 5.67. The molecule has 5 nitrogen and oxygen atoms in total. The van der Waals surface area contributed by atoms with Crippen molar-refractivity contribution in [3.05, 3.63) is 35.4 Å². The second-order valence-electron chi connectivity index (χ2n) is 6.49. The van der Waals surface area contributed by atoms with Gasteiger partial charge >= 0.3 is 6.09 Å². The molecule has 1 aliphatic heterocycles. The quantitative estimate of drug-likeness (QED) is 0.876. The number of carbonyl (C=O) groups excluding carboxylic acids is 1. The summed E-state index contributed by atoms with van der Waals surface area (Å²) in [5, 5.41) is 12.9. The molecule has 1 atom stereocenters. The van der Waals surface area contributed by atoms with Gasteiger partial charge in [-0.05, 0) is 44.7 Å². The third-order valence-electron chi connectivity index (χ3n) is 4.21. The first kappa shape index (κ1) is 17.8. The average molecular weight is 320 g/mol. The first-order valence-corrected chi connectivity index (χ1v) is 8.41. The van der Waals surface area contributed by atoms with Crippen molar-refractivity contribution in [1.82, 2.24) is 10.2 Å². The molecule has 1 unspecified atom stereocenters. The number of aliphatic hydroxyl groups is 1. The Labute approximate surface area is 138 Å². The Bertz CT molecular complexity index is 511. The van der Waals surface area contributed by atoms with Crippen LogP contribution in [0.25, 0.3) is 0 Å². The van der Waals surface area contributed by atoms with E-state index in [0.29, 0.717) is 6.04 Å². The van der Waals surface area contributed by atoms with Gasteiger partial charge in [0.25, 0.3) is 0 Å². The maximum Gasteiger partial charge on any atom is 0.410 e. The van der Waals surface area contributed by atoms with Crippen molar-refractivity contribution in [3.63, 3.8) is 0 Å². The van der Waals surface area contributed by atoms with Crippen LogP contribution in [0, 0.1) is 0 Å². The van der Waals surface area contributed by atoms with Gasteiger partial charge in [-0.25, -0.2) is 4.79 Å². The zero-order chi connectivity index (χ0) is 16.8. The van der Waals surface area contributed by atoms with Gasteiger partial charge < -0.3 is 20.1 Å². The largest absolute Gasteiger partial charge is 0.447 e. The fourth-order valence-corrected chi connectivity index (χ4v) is 2.92. The lowest BCUT2D eigenvalue weighted by Gasteiger charge is -2.33. The Morgan fingerprint density at radius 2 is 2.04 bits per heavy atom. The monoisotopic (exact) mass is 320 g/mol. The van der Waals surface area contributed by atoms with Crippen molar-refractivity contribution in [3.8, 4) is 0 Å². The molecule has 5 heteroatoms. The number of aliphatic hydroxyl groups excluding tert-OH is 1. The lowest BCUT2D eigenvalue weighted by Crippen LogP contribution is -2.46. The molecular formula is C18H28N2O3. The minimum Gasteiger partial charge on any atom is -0.447 e. The highest BCUT2D eigenvalue weighted by atomic mass is 16.6. The molecule has 1 saturated heterocycles. The van der Waals surface area contributed by atoms with Gasteiger partial charge in [-0.2, -0.15) is 0 Å². The van der Waals surface area contributed by atoms with E-state index in [4.69, 9.17) is 4.74 Å². The van der Waals surface area contributed by atoms with Crippen LogP contribution in [0.4, 0.5) is 4.79 Å². The zero-order valence-corrected chi connectivity index (χ0v) is 14.3. The number of piperidine rings is 1. The van der Waals surface area contributed by atoms with Crippen LogP contribution >= 0.6 is 0 Å². The lowest BCUT2D eigenvalue weighted by molar-refractivity contribution is 0.0674. The maximum atomic E-state index is 11.9. The summed E-state index contributed by atoms with van der Waals surface area (Å²) in [6.45, 7) is 7.40. The minimum absolute atomic E-state index is 0.0664. The SMILES string of the molecule is CC(C)OC(=O)N1CCC(NC(C)c2cccc(CO)c2)CC1. The Hall–Kier alpha value is -1.59. The number of nitrogens with one attached hydrogen (secondary N) is 1. The molecule has 0 radical (unpaired) electrons. The fraction of sp³-hybridized carbons (Fsp3) is 0.611. The summed E-state index contributed by atoms with van der Waals surface area (Å²) in [6.07, 6.45) is 1.58. The maximum absolute atomic E-state index is 11.9. The topological polar surface area (TPSA) is 61.8 Å². The molecule has 1 amide bonds. The van der Waals surface area contributed by atoms with Gasteiger partial charge in [0.2, 0.25) is 0 Å². The molecule has 2 rings (SSSR count). The highest BCUT2D eigenvalue weighted by Gasteiger charge is 2.25. The average Bonchev–Trinajstić information content (AvgIpc) is 2.55. The Morgan fingerprint density at radius 1 is 1.35 bits per heavy atom. The normalized spacial score (nSPS) is 17.3. The van der Waals surface area contributed by atoms with Crippen molar-refractivity contribution < 1.29 is 14.6 Å². The van der Waals surface area contributed by atoms with Gasteiger partial charge in [-0.15, -0.1) is 0 Å². The summed E-state index contributed by atoms with van der Waals surface area (Å²) in [5.74, 6) is 0. The number of likely N-dealkylation sites (tertiary alicyclic amines) is 1. The summed E-state index contributed by atoms with van der Waals surface area (Å²) >= 11 is 0. The number of rotatable bonds is 5. The number of nitrogens with zero attached hydrogens (tertiary/aromatic N) is 1. The molecule has 0 bridgehead atoms. The number of hydrogen-bond donors (Lipinski definition) is 2. The van der Waals surface area contributed by atoms with Gasteiger partial charge in [-0.3, -0.25) is 0 Å². The molecule has 0 aromatic heterocycles. The van der Waals surface area contributed by atoms with Gasteiger partial charge in [0.05, 0.1) is 12.7 Å². The summed E-state index contributed by atoms with van der Waals surface area (Å²) in [6, 6.07) is 8.63. The number of ether oxygens (including phenoxy) is 1. The molecule has 1 aromatic carbocycles. The zero-order valence-electron chi connectivity index (χ0n) is 14.3. The van der Waals surface area contributed by atoms with E-state index in [1.165, 1.54) is 5.56 Å². The van der Waals surface area contributed by atoms with E-state index in [1.54, 1.807) is 4.90 Å². The molecule has 1 fully saturated rings. The predicted octanol–water partition coefficient (Wildman–Crippen LogP) is 2.84. The number of benzene rings is 1. The van der Waals surface area contributed by atoms with Gasteiger partial charge in [0.15, 0.2) is 0 Å². The smallest absolute Gasteiger partial charge is 0.410 e. The first-order valence-electron chi connectivity index (χ1n) is 8.41. The van der Waals surface area contributed by atoms with Crippen LogP contribution in [0.1, 0.15) is 50.8 Å². The molecule has 128 valence electrons. The molecule has 1 aromatic rings. The lowest BCUT2D eigenvalue weighted by atomic mass is 10.0. The third kappa shape index (κ3) is 5.22. The predicted molar refractivity (Wildman–Crippen MR) is 90.1 cm³/mol. The van der Waals surface area contributed by atoms with Crippen LogP contribution in [0.15, 0.2) is 24.3 Å². The molecule has 0 aliphatic carbocycles. The summed E-state index contributed by atoms with van der Waals surface area (Å²) in [4.78, 5) is 13.7. The van der Waals surface area contributed by atoms with Crippen LogP contribution in [-0.4, -0.2) is 41.3 Å². The van der Waals surface area contributed by atoms with Crippen molar-refractivity contribution >= 4 is 6.09 Å². The second kappa shape index (κ2) is 8.31. The number of carbonyl (C=O) groups is 1. The van der Waals surface area contributed by atoms with E-state index in [0.717, 1.165) is 31.5 Å². The van der Waals surface area contributed by atoms with Crippen LogP contribution in [0.5, 0.6) is 0 Å².